The van der Waals surface area contributed by atoms with Crippen molar-refractivity contribution in [3.63, 3.8) is 0 Å². The summed E-state index contributed by atoms with van der Waals surface area (Å²) in [5.74, 6) is 0. The summed E-state index contributed by atoms with van der Waals surface area (Å²) in [5, 5.41) is 18.9. The summed E-state index contributed by atoms with van der Waals surface area (Å²) in [6, 6.07) is 0. The third-order valence-corrected chi connectivity index (χ3v) is 1.93. The average Bonchev–Trinajstić information content (AvgIpc) is 1.85. The standard InChI is InChI=1S/C10H20O2/c1-5-6-8(11)7-9(12)10(2,3)4/h5,8-9,11-12H,1,6-7H2,2-4H3/t8-,9+/m0/s1. The van der Waals surface area contributed by atoms with E-state index in [9.17, 15) is 10.2 Å². The van der Waals surface area contributed by atoms with Crippen LogP contribution in [-0.2, 0) is 0 Å². The molecule has 0 aromatic rings. The molecule has 2 N–H and O–H groups in total. The topological polar surface area (TPSA) is 40.5 Å². The summed E-state index contributed by atoms with van der Waals surface area (Å²) >= 11 is 0. The molecular weight excluding hydrogens is 152 g/mol. The first-order valence-electron chi connectivity index (χ1n) is 4.35. The fourth-order valence-electron chi connectivity index (χ4n) is 0.900. The van der Waals surface area contributed by atoms with Gasteiger partial charge in [0.25, 0.3) is 0 Å². The van der Waals surface area contributed by atoms with E-state index in [1.54, 1.807) is 6.08 Å². The molecule has 0 bridgehead atoms. The number of hydrogen-bond acceptors (Lipinski definition) is 2. The quantitative estimate of drug-likeness (QED) is 0.634. The minimum absolute atomic E-state index is 0.151. The summed E-state index contributed by atoms with van der Waals surface area (Å²) in [7, 11) is 0. The molecule has 0 unspecified atom stereocenters. The third-order valence-electron chi connectivity index (χ3n) is 1.93. The molecule has 0 saturated heterocycles. The predicted octanol–water partition coefficient (Wildman–Crippen LogP) is 1.72. The highest BCUT2D eigenvalue weighted by atomic mass is 16.3. The van der Waals surface area contributed by atoms with Crippen LogP contribution in [0.15, 0.2) is 12.7 Å². The first kappa shape index (κ1) is 11.7. The van der Waals surface area contributed by atoms with E-state index in [-0.39, 0.29) is 5.41 Å². The molecule has 0 heterocycles. The molecular formula is C10H20O2. The SMILES string of the molecule is C=CC[C@H](O)C[C@@H](O)C(C)(C)C. The average molecular weight is 172 g/mol. The summed E-state index contributed by atoms with van der Waals surface area (Å²) in [5.41, 5.74) is -0.151. The second-order valence-corrected chi connectivity index (χ2v) is 4.30. The molecule has 2 heteroatoms. The van der Waals surface area contributed by atoms with Crippen molar-refractivity contribution in [1.82, 2.24) is 0 Å². The Labute approximate surface area is 74.9 Å². The van der Waals surface area contributed by atoms with Crippen LogP contribution in [0, 0.1) is 5.41 Å². The van der Waals surface area contributed by atoms with Crippen LogP contribution in [0.3, 0.4) is 0 Å². The molecule has 0 amide bonds. The van der Waals surface area contributed by atoms with Gasteiger partial charge in [0, 0.05) is 6.42 Å². The zero-order valence-corrected chi connectivity index (χ0v) is 8.25. The van der Waals surface area contributed by atoms with Gasteiger partial charge in [-0.05, 0) is 11.8 Å². The van der Waals surface area contributed by atoms with Gasteiger partial charge in [0.1, 0.15) is 0 Å². The van der Waals surface area contributed by atoms with Crippen LogP contribution in [0.5, 0.6) is 0 Å². The van der Waals surface area contributed by atoms with Crippen LogP contribution >= 0.6 is 0 Å². The van der Waals surface area contributed by atoms with E-state index in [2.05, 4.69) is 6.58 Å². The lowest BCUT2D eigenvalue weighted by atomic mass is 9.85. The minimum atomic E-state index is -0.461. The molecule has 0 fully saturated rings. The molecule has 12 heavy (non-hydrogen) atoms. The van der Waals surface area contributed by atoms with E-state index < -0.39 is 12.2 Å². The molecule has 0 saturated carbocycles. The van der Waals surface area contributed by atoms with Gasteiger partial charge in [0.2, 0.25) is 0 Å². The van der Waals surface area contributed by atoms with Crippen molar-refractivity contribution in [2.75, 3.05) is 0 Å². The summed E-state index contributed by atoms with van der Waals surface area (Å²) in [6.45, 7) is 9.40. The fraction of sp³-hybridized carbons (Fsp3) is 0.800. The largest absolute Gasteiger partial charge is 0.393 e. The first-order valence-corrected chi connectivity index (χ1v) is 4.35. The fourth-order valence-corrected chi connectivity index (χ4v) is 0.900. The Morgan fingerprint density at radius 3 is 2.17 bits per heavy atom. The summed E-state index contributed by atoms with van der Waals surface area (Å²) in [6.07, 6.45) is 1.73. The molecule has 0 aromatic carbocycles. The van der Waals surface area contributed by atoms with E-state index in [0.717, 1.165) is 0 Å². The molecule has 0 spiro atoms. The van der Waals surface area contributed by atoms with Crippen LogP contribution in [0.4, 0.5) is 0 Å². The molecule has 0 rings (SSSR count). The Balaban J connectivity index is 3.83. The van der Waals surface area contributed by atoms with Gasteiger partial charge in [-0.1, -0.05) is 26.8 Å². The van der Waals surface area contributed by atoms with Crippen molar-refractivity contribution >= 4 is 0 Å². The zero-order chi connectivity index (χ0) is 9.78. The second kappa shape index (κ2) is 4.63. The van der Waals surface area contributed by atoms with Gasteiger partial charge >= 0.3 is 0 Å². The van der Waals surface area contributed by atoms with E-state index in [4.69, 9.17) is 0 Å². The molecule has 0 aliphatic rings. The highest BCUT2D eigenvalue weighted by Gasteiger charge is 2.23. The van der Waals surface area contributed by atoms with Gasteiger partial charge in [0.15, 0.2) is 0 Å². The number of rotatable bonds is 4. The zero-order valence-electron chi connectivity index (χ0n) is 8.25. The van der Waals surface area contributed by atoms with Crippen molar-refractivity contribution < 1.29 is 10.2 Å². The van der Waals surface area contributed by atoms with Crippen LogP contribution in [0.1, 0.15) is 33.6 Å². The predicted molar refractivity (Wildman–Crippen MR) is 50.9 cm³/mol. The molecule has 72 valence electrons. The Morgan fingerprint density at radius 1 is 1.33 bits per heavy atom. The summed E-state index contributed by atoms with van der Waals surface area (Å²) in [4.78, 5) is 0. The van der Waals surface area contributed by atoms with Crippen LogP contribution in [0.25, 0.3) is 0 Å². The molecule has 0 aromatic heterocycles. The van der Waals surface area contributed by atoms with Crippen LogP contribution in [0.2, 0.25) is 0 Å². The summed E-state index contributed by atoms with van der Waals surface area (Å²) < 4.78 is 0. The number of aliphatic hydroxyl groups excluding tert-OH is 2. The van der Waals surface area contributed by atoms with Gasteiger partial charge in [-0.3, -0.25) is 0 Å². The second-order valence-electron chi connectivity index (χ2n) is 4.30. The Morgan fingerprint density at radius 2 is 1.83 bits per heavy atom. The van der Waals surface area contributed by atoms with Crippen LogP contribution in [-0.4, -0.2) is 22.4 Å². The number of aliphatic hydroxyl groups is 2. The van der Waals surface area contributed by atoms with E-state index in [1.165, 1.54) is 0 Å². The normalized spacial score (nSPS) is 17.1. The van der Waals surface area contributed by atoms with Crippen molar-refractivity contribution in [2.24, 2.45) is 5.41 Å². The van der Waals surface area contributed by atoms with E-state index in [1.807, 2.05) is 20.8 Å². The van der Waals surface area contributed by atoms with Crippen molar-refractivity contribution in [1.29, 1.82) is 0 Å². The van der Waals surface area contributed by atoms with Crippen LogP contribution < -0.4 is 0 Å². The maximum atomic E-state index is 9.59. The van der Waals surface area contributed by atoms with Gasteiger partial charge in [-0.25, -0.2) is 0 Å². The van der Waals surface area contributed by atoms with Gasteiger partial charge in [-0.2, -0.15) is 0 Å². The van der Waals surface area contributed by atoms with Crippen molar-refractivity contribution in [3.05, 3.63) is 12.7 Å². The maximum absolute atomic E-state index is 9.59. The van der Waals surface area contributed by atoms with Gasteiger partial charge < -0.3 is 10.2 Å². The lowest BCUT2D eigenvalue weighted by Crippen LogP contribution is -2.30. The highest BCUT2D eigenvalue weighted by Crippen LogP contribution is 2.23. The van der Waals surface area contributed by atoms with Gasteiger partial charge in [-0.15, -0.1) is 6.58 Å². The molecule has 0 aliphatic heterocycles. The van der Waals surface area contributed by atoms with Gasteiger partial charge in [0.05, 0.1) is 12.2 Å². The third kappa shape index (κ3) is 4.52. The Kier molecular flexibility index (Phi) is 4.50. The molecule has 0 aliphatic carbocycles. The smallest absolute Gasteiger partial charge is 0.0613 e. The molecule has 2 nitrogen and oxygen atoms in total. The minimum Gasteiger partial charge on any atom is -0.393 e. The van der Waals surface area contributed by atoms with Crippen molar-refractivity contribution in [3.8, 4) is 0 Å². The van der Waals surface area contributed by atoms with E-state index >= 15 is 0 Å². The highest BCUT2D eigenvalue weighted by molar-refractivity contribution is 4.79. The first-order chi connectivity index (χ1) is 5.38. The van der Waals surface area contributed by atoms with E-state index in [0.29, 0.717) is 12.8 Å². The van der Waals surface area contributed by atoms with Crippen molar-refractivity contribution in [2.45, 2.75) is 45.8 Å². The lowest BCUT2D eigenvalue weighted by molar-refractivity contribution is 0.0146. The maximum Gasteiger partial charge on any atom is 0.0613 e. The monoisotopic (exact) mass is 172 g/mol. The Hall–Kier alpha value is -0.340. The Bertz CT molecular complexity index is 135. The molecule has 2 atom stereocenters. The number of hydrogen-bond donors (Lipinski definition) is 2. The molecule has 0 radical (unpaired) electrons. The lowest BCUT2D eigenvalue weighted by Gasteiger charge is -2.27.